The lowest BCUT2D eigenvalue weighted by molar-refractivity contribution is 0.585. The van der Waals surface area contributed by atoms with Crippen molar-refractivity contribution in [3.05, 3.63) is 47.2 Å². The fourth-order valence-electron chi connectivity index (χ4n) is 4.11. The van der Waals surface area contributed by atoms with Crippen molar-refractivity contribution in [2.45, 2.75) is 71.0 Å². The van der Waals surface area contributed by atoms with E-state index in [0.29, 0.717) is 12.1 Å². The van der Waals surface area contributed by atoms with Gasteiger partial charge in [0.05, 0.1) is 0 Å². The van der Waals surface area contributed by atoms with E-state index in [4.69, 9.17) is 9.97 Å². The van der Waals surface area contributed by atoms with Crippen LogP contribution in [0.15, 0.2) is 30.3 Å². The van der Waals surface area contributed by atoms with Gasteiger partial charge in [0.2, 0.25) is 5.95 Å². The summed E-state index contributed by atoms with van der Waals surface area (Å²) in [5.74, 6) is 1.88. The van der Waals surface area contributed by atoms with Gasteiger partial charge in [-0.15, -0.1) is 0 Å². The molecule has 0 amide bonds. The molecule has 1 atom stereocenters. The first-order valence-corrected chi connectivity index (χ1v) is 9.71. The van der Waals surface area contributed by atoms with Crippen molar-refractivity contribution < 1.29 is 0 Å². The number of nitrogens with one attached hydrogen (secondary N) is 1. The van der Waals surface area contributed by atoms with E-state index in [1.165, 1.54) is 36.8 Å². The molecule has 1 aliphatic carbocycles. The van der Waals surface area contributed by atoms with Crippen LogP contribution in [0, 0.1) is 0 Å². The van der Waals surface area contributed by atoms with E-state index in [0.717, 1.165) is 36.8 Å². The average molecular weight is 336 g/mol. The quantitative estimate of drug-likeness (QED) is 0.901. The summed E-state index contributed by atoms with van der Waals surface area (Å²) >= 11 is 0. The van der Waals surface area contributed by atoms with Crippen LogP contribution in [0.25, 0.3) is 0 Å². The number of nitrogens with zero attached hydrogens (tertiary/aromatic N) is 3. The Morgan fingerprint density at radius 3 is 2.64 bits per heavy atom. The van der Waals surface area contributed by atoms with Gasteiger partial charge < -0.3 is 10.2 Å². The molecule has 1 aromatic heterocycles. The molecule has 0 bridgehead atoms. The Hall–Kier alpha value is -2.10. The number of anilines is 2. The second-order valence-corrected chi connectivity index (χ2v) is 7.47. The Kier molecular flexibility index (Phi) is 4.60. The highest BCUT2D eigenvalue weighted by Gasteiger charge is 2.25. The van der Waals surface area contributed by atoms with E-state index < -0.39 is 0 Å². The minimum Gasteiger partial charge on any atom is -0.351 e. The summed E-state index contributed by atoms with van der Waals surface area (Å²) in [6.45, 7) is 5.40. The molecule has 2 heterocycles. The molecule has 1 N–H and O–H groups in total. The van der Waals surface area contributed by atoms with Gasteiger partial charge in [0.25, 0.3) is 0 Å². The molecule has 0 unspecified atom stereocenters. The third kappa shape index (κ3) is 3.48. The van der Waals surface area contributed by atoms with Crippen LogP contribution in [0.5, 0.6) is 0 Å². The number of rotatable bonds is 4. The highest BCUT2D eigenvalue weighted by atomic mass is 15.3. The van der Waals surface area contributed by atoms with Gasteiger partial charge in [0.1, 0.15) is 5.82 Å². The maximum absolute atomic E-state index is 4.90. The molecule has 2 aromatic rings. The zero-order chi connectivity index (χ0) is 17.2. The number of aryl methyl sites for hydroxylation is 1. The third-order valence-corrected chi connectivity index (χ3v) is 5.62. The number of benzene rings is 1. The molecular weight excluding hydrogens is 308 g/mol. The Morgan fingerprint density at radius 1 is 1.12 bits per heavy atom. The first-order valence-electron chi connectivity index (χ1n) is 9.71. The van der Waals surface area contributed by atoms with Gasteiger partial charge in [0.15, 0.2) is 0 Å². The fraction of sp³-hybridized carbons (Fsp3) is 0.524. The van der Waals surface area contributed by atoms with Crippen molar-refractivity contribution in [1.82, 2.24) is 9.97 Å². The lowest BCUT2D eigenvalue weighted by Gasteiger charge is -2.36. The predicted molar refractivity (Wildman–Crippen MR) is 103 cm³/mol. The minimum absolute atomic E-state index is 0.453. The summed E-state index contributed by atoms with van der Waals surface area (Å²) in [5, 5.41) is 3.58. The van der Waals surface area contributed by atoms with Crippen LogP contribution >= 0.6 is 0 Å². The summed E-state index contributed by atoms with van der Waals surface area (Å²) in [6, 6.07) is 11.9. The Bertz CT molecular complexity index is 736. The van der Waals surface area contributed by atoms with E-state index in [1.54, 1.807) is 0 Å². The highest BCUT2D eigenvalue weighted by Crippen LogP contribution is 2.29. The highest BCUT2D eigenvalue weighted by molar-refractivity contribution is 5.49. The number of fused-ring (bicyclic) bond motifs is 1. The van der Waals surface area contributed by atoms with E-state index in [2.05, 4.69) is 54.4 Å². The monoisotopic (exact) mass is 336 g/mol. The average Bonchev–Trinajstić information content (AvgIpc) is 3.13. The zero-order valence-electron chi connectivity index (χ0n) is 15.3. The Labute approximate surface area is 150 Å². The SMILES string of the molecule is CCc1cc(N2Cc3ccccc3C[C@@H]2C)nc(NC2CCCC2)n1. The van der Waals surface area contributed by atoms with Gasteiger partial charge in [-0.1, -0.05) is 44.0 Å². The molecule has 1 fully saturated rings. The number of hydrogen-bond donors (Lipinski definition) is 1. The van der Waals surface area contributed by atoms with Crippen molar-refractivity contribution >= 4 is 11.8 Å². The number of aromatic nitrogens is 2. The molecule has 1 aliphatic heterocycles. The summed E-state index contributed by atoms with van der Waals surface area (Å²) in [5.41, 5.74) is 4.01. The van der Waals surface area contributed by atoms with Crippen LogP contribution in [0.4, 0.5) is 11.8 Å². The van der Waals surface area contributed by atoms with Crippen LogP contribution in [0.1, 0.15) is 56.4 Å². The summed E-state index contributed by atoms with van der Waals surface area (Å²) < 4.78 is 0. The molecule has 0 radical (unpaired) electrons. The van der Waals surface area contributed by atoms with E-state index in [-0.39, 0.29) is 0 Å². The predicted octanol–water partition coefficient (Wildman–Crippen LogP) is 4.34. The first-order chi connectivity index (χ1) is 12.2. The van der Waals surface area contributed by atoms with Gasteiger partial charge >= 0.3 is 0 Å². The normalized spacial score (nSPS) is 20.6. The molecule has 132 valence electrons. The first kappa shape index (κ1) is 16.4. The van der Waals surface area contributed by atoms with Crippen molar-refractivity contribution in [3.8, 4) is 0 Å². The van der Waals surface area contributed by atoms with Crippen molar-refractivity contribution in [2.24, 2.45) is 0 Å². The van der Waals surface area contributed by atoms with Gasteiger partial charge in [-0.05, 0) is 43.7 Å². The van der Waals surface area contributed by atoms with E-state index in [9.17, 15) is 0 Å². The Balaban J connectivity index is 1.62. The summed E-state index contributed by atoms with van der Waals surface area (Å²) in [6.07, 6.45) is 7.13. The molecule has 0 spiro atoms. The Morgan fingerprint density at radius 2 is 1.88 bits per heavy atom. The largest absolute Gasteiger partial charge is 0.351 e. The fourth-order valence-corrected chi connectivity index (χ4v) is 4.11. The van der Waals surface area contributed by atoms with E-state index >= 15 is 0 Å². The molecule has 25 heavy (non-hydrogen) atoms. The van der Waals surface area contributed by atoms with Crippen LogP contribution in [-0.4, -0.2) is 22.1 Å². The maximum atomic E-state index is 4.90. The topological polar surface area (TPSA) is 41.1 Å². The van der Waals surface area contributed by atoms with Gasteiger partial charge in [-0.2, -0.15) is 4.98 Å². The second-order valence-electron chi connectivity index (χ2n) is 7.47. The van der Waals surface area contributed by atoms with Crippen molar-refractivity contribution in [3.63, 3.8) is 0 Å². The summed E-state index contributed by atoms with van der Waals surface area (Å²) in [4.78, 5) is 12.1. The molecule has 4 nitrogen and oxygen atoms in total. The zero-order valence-corrected chi connectivity index (χ0v) is 15.3. The standard InChI is InChI=1S/C21H28N4/c1-3-18-13-20(24-21(22-18)23-19-10-6-7-11-19)25-14-17-9-5-4-8-16(17)12-15(25)2/h4-5,8-9,13,15,19H,3,6-7,10-12,14H2,1-2H3,(H,22,23,24)/t15-/m0/s1. The maximum Gasteiger partial charge on any atom is 0.225 e. The van der Waals surface area contributed by atoms with Crippen molar-refractivity contribution in [1.29, 1.82) is 0 Å². The molecule has 0 saturated heterocycles. The molecule has 4 rings (SSSR count). The van der Waals surface area contributed by atoms with Crippen LogP contribution in [-0.2, 0) is 19.4 Å². The smallest absolute Gasteiger partial charge is 0.225 e. The molecule has 2 aliphatic rings. The third-order valence-electron chi connectivity index (χ3n) is 5.62. The molecule has 4 heteroatoms. The lowest BCUT2D eigenvalue weighted by Crippen LogP contribution is -2.39. The molecular formula is C21H28N4. The van der Waals surface area contributed by atoms with Crippen LogP contribution in [0.3, 0.4) is 0 Å². The van der Waals surface area contributed by atoms with Crippen LogP contribution < -0.4 is 10.2 Å². The van der Waals surface area contributed by atoms with Gasteiger partial charge in [-0.25, -0.2) is 4.98 Å². The summed E-state index contributed by atoms with van der Waals surface area (Å²) in [7, 11) is 0. The lowest BCUT2D eigenvalue weighted by atomic mass is 9.95. The number of hydrogen-bond acceptors (Lipinski definition) is 4. The van der Waals surface area contributed by atoms with Gasteiger partial charge in [-0.3, -0.25) is 0 Å². The minimum atomic E-state index is 0.453. The van der Waals surface area contributed by atoms with Crippen molar-refractivity contribution in [2.75, 3.05) is 10.2 Å². The van der Waals surface area contributed by atoms with E-state index in [1.807, 2.05) is 0 Å². The molecule has 1 aromatic carbocycles. The van der Waals surface area contributed by atoms with Crippen LogP contribution in [0.2, 0.25) is 0 Å². The second kappa shape index (κ2) is 7.03. The molecule has 1 saturated carbocycles. The van der Waals surface area contributed by atoms with Gasteiger partial charge in [0, 0.05) is 30.4 Å².